The molecule has 0 fully saturated rings. The Morgan fingerprint density at radius 2 is 0.486 bits per heavy atom. The second kappa shape index (κ2) is 76.1. The molecule has 105 heavy (non-hydrogen) atoms. The standard InChI is InChI=1S/C86H168O17P2/c1-8-10-11-12-13-14-15-16-17-18-19-20-24-27-30-33-38-46-53-60-67-83(88)96-73-81(102-85(90)69-62-55-48-39-34-31-28-25-22-21-23-26-29-32-37-45-52-59-66-79(7)9-2)75-100-104(92,93)98-71-80(87)72-99-105(94,95)101-76-82(74-97-84(89)68-61-54-47-42-41-44-51-58-65-78(5)6)103-86(91)70-63-56-49-40-35-36-43-50-57-64-77(3)4/h77-82,87H,8-76H2,1-7H3,(H,92,93)(H,94,95)/t79?,80-,81-,82-/m1/s1. The predicted molar refractivity (Wildman–Crippen MR) is 432 cm³/mol. The van der Waals surface area contributed by atoms with E-state index in [1.807, 2.05) is 0 Å². The van der Waals surface area contributed by atoms with E-state index in [0.717, 1.165) is 108 Å². The first-order valence-electron chi connectivity index (χ1n) is 44.4. The maximum absolute atomic E-state index is 13.1. The van der Waals surface area contributed by atoms with Crippen LogP contribution in [0, 0.1) is 17.8 Å². The van der Waals surface area contributed by atoms with Crippen LogP contribution >= 0.6 is 15.6 Å². The van der Waals surface area contributed by atoms with E-state index in [-0.39, 0.29) is 25.7 Å². The predicted octanol–water partition coefficient (Wildman–Crippen LogP) is 26.1. The lowest BCUT2D eigenvalue weighted by Crippen LogP contribution is -2.30. The van der Waals surface area contributed by atoms with Gasteiger partial charge in [-0.2, -0.15) is 0 Å². The second-order valence-electron chi connectivity index (χ2n) is 32.1. The Morgan fingerprint density at radius 3 is 0.724 bits per heavy atom. The molecule has 0 saturated carbocycles. The molecule has 6 atom stereocenters. The zero-order valence-electron chi connectivity index (χ0n) is 69.2. The first kappa shape index (κ1) is 103. The van der Waals surface area contributed by atoms with E-state index in [0.29, 0.717) is 25.7 Å². The zero-order valence-corrected chi connectivity index (χ0v) is 71.0. The molecule has 0 aromatic carbocycles. The highest BCUT2D eigenvalue weighted by Gasteiger charge is 2.30. The molecule has 624 valence electrons. The molecule has 0 rings (SSSR count). The molecule has 0 bridgehead atoms. The van der Waals surface area contributed by atoms with Gasteiger partial charge < -0.3 is 33.8 Å². The van der Waals surface area contributed by atoms with Gasteiger partial charge in [0.05, 0.1) is 26.4 Å². The average Bonchev–Trinajstić information content (AvgIpc) is 0.919. The largest absolute Gasteiger partial charge is 0.472 e. The highest BCUT2D eigenvalue weighted by atomic mass is 31.2. The van der Waals surface area contributed by atoms with Crippen LogP contribution < -0.4 is 0 Å². The average molecular weight is 1540 g/mol. The highest BCUT2D eigenvalue weighted by molar-refractivity contribution is 7.47. The molecule has 0 amide bonds. The van der Waals surface area contributed by atoms with Gasteiger partial charge in [-0.3, -0.25) is 37.3 Å². The van der Waals surface area contributed by atoms with E-state index in [1.165, 1.54) is 263 Å². The molecule has 0 aromatic rings. The summed E-state index contributed by atoms with van der Waals surface area (Å²) in [6, 6.07) is 0. The van der Waals surface area contributed by atoms with Gasteiger partial charge in [-0.15, -0.1) is 0 Å². The van der Waals surface area contributed by atoms with Gasteiger partial charge in [0.2, 0.25) is 0 Å². The number of aliphatic hydroxyl groups is 1. The van der Waals surface area contributed by atoms with Crippen LogP contribution in [0.15, 0.2) is 0 Å². The zero-order chi connectivity index (χ0) is 77.2. The molecule has 3 N–H and O–H groups in total. The van der Waals surface area contributed by atoms with Crippen LogP contribution in [0.2, 0.25) is 0 Å². The van der Waals surface area contributed by atoms with Crippen molar-refractivity contribution in [2.45, 2.75) is 471 Å². The fraction of sp³-hybridized carbons (Fsp3) is 0.953. The van der Waals surface area contributed by atoms with Crippen LogP contribution in [-0.4, -0.2) is 96.7 Å². The Balaban J connectivity index is 5.21. The number of rotatable bonds is 84. The third-order valence-corrected chi connectivity index (χ3v) is 22.4. The monoisotopic (exact) mass is 1540 g/mol. The molecule has 0 saturated heterocycles. The van der Waals surface area contributed by atoms with E-state index in [2.05, 4.69) is 48.5 Å². The van der Waals surface area contributed by atoms with Crippen molar-refractivity contribution in [3.63, 3.8) is 0 Å². The van der Waals surface area contributed by atoms with Crippen LogP contribution in [0.1, 0.15) is 453 Å². The number of carbonyl (C=O) groups excluding carboxylic acids is 4. The molecular formula is C86H168O17P2. The lowest BCUT2D eigenvalue weighted by atomic mass is 9.99. The van der Waals surface area contributed by atoms with Gasteiger partial charge in [0.25, 0.3) is 0 Å². The summed E-state index contributed by atoms with van der Waals surface area (Å²) in [5.41, 5.74) is 0. The lowest BCUT2D eigenvalue weighted by Gasteiger charge is -2.21. The lowest BCUT2D eigenvalue weighted by molar-refractivity contribution is -0.161. The normalized spacial score (nSPS) is 14.1. The van der Waals surface area contributed by atoms with Crippen LogP contribution in [0.25, 0.3) is 0 Å². The number of phosphoric acid groups is 2. The van der Waals surface area contributed by atoms with E-state index in [4.69, 9.17) is 37.0 Å². The molecule has 0 aliphatic rings. The fourth-order valence-corrected chi connectivity index (χ4v) is 14.9. The molecule has 3 unspecified atom stereocenters. The number of esters is 4. The van der Waals surface area contributed by atoms with Crippen molar-refractivity contribution in [2.24, 2.45) is 17.8 Å². The van der Waals surface area contributed by atoms with Crippen LogP contribution in [0.3, 0.4) is 0 Å². The number of hydrogen-bond donors (Lipinski definition) is 3. The van der Waals surface area contributed by atoms with Gasteiger partial charge in [0, 0.05) is 25.7 Å². The van der Waals surface area contributed by atoms with Crippen molar-refractivity contribution in [3.05, 3.63) is 0 Å². The van der Waals surface area contributed by atoms with Gasteiger partial charge >= 0.3 is 39.5 Å². The van der Waals surface area contributed by atoms with Gasteiger partial charge in [-0.05, 0) is 43.4 Å². The summed E-state index contributed by atoms with van der Waals surface area (Å²) in [6.07, 6.45) is 66.8. The Hall–Kier alpha value is -1.94. The highest BCUT2D eigenvalue weighted by Crippen LogP contribution is 2.45. The molecule has 17 nitrogen and oxygen atoms in total. The van der Waals surface area contributed by atoms with Crippen LogP contribution in [0.4, 0.5) is 0 Å². The topological polar surface area (TPSA) is 237 Å². The summed E-state index contributed by atoms with van der Waals surface area (Å²) in [5.74, 6) is 0.226. The Labute approximate surface area is 645 Å². The summed E-state index contributed by atoms with van der Waals surface area (Å²) < 4.78 is 68.8. The Kier molecular flexibility index (Phi) is 74.7. The first-order valence-corrected chi connectivity index (χ1v) is 47.4. The maximum atomic E-state index is 13.1. The molecule has 0 radical (unpaired) electrons. The summed E-state index contributed by atoms with van der Waals surface area (Å²) in [6.45, 7) is 12.0. The van der Waals surface area contributed by atoms with Gasteiger partial charge in [0.1, 0.15) is 19.3 Å². The number of unbranched alkanes of at least 4 members (excludes halogenated alkanes) is 51. The van der Waals surface area contributed by atoms with Crippen molar-refractivity contribution in [3.8, 4) is 0 Å². The minimum Gasteiger partial charge on any atom is -0.462 e. The van der Waals surface area contributed by atoms with Crippen molar-refractivity contribution < 1.29 is 80.2 Å². The fourth-order valence-electron chi connectivity index (χ4n) is 13.3. The van der Waals surface area contributed by atoms with Crippen molar-refractivity contribution >= 4 is 39.5 Å². The summed E-state index contributed by atoms with van der Waals surface area (Å²) in [4.78, 5) is 73.2. The van der Waals surface area contributed by atoms with Gasteiger partial charge in [-0.1, -0.05) is 402 Å². The van der Waals surface area contributed by atoms with Gasteiger partial charge in [0.15, 0.2) is 12.2 Å². The van der Waals surface area contributed by atoms with E-state index in [9.17, 15) is 43.2 Å². The quantitative estimate of drug-likeness (QED) is 0.0222. The summed E-state index contributed by atoms with van der Waals surface area (Å²) in [5, 5.41) is 10.7. The van der Waals surface area contributed by atoms with E-state index < -0.39 is 97.5 Å². The summed E-state index contributed by atoms with van der Waals surface area (Å²) in [7, 11) is -9.93. The molecule has 0 aliphatic heterocycles. The number of hydrogen-bond acceptors (Lipinski definition) is 15. The molecule has 0 heterocycles. The molecule has 0 spiro atoms. The minimum absolute atomic E-state index is 0.105. The van der Waals surface area contributed by atoms with Gasteiger partial charge in [-0.25, -0.2) is 9.13 Å². The molecule has 0 aliphatic carbocycles. The van der Waals surface area contributed by atoms with Crippen LogP contribution in [-0.2, 0) is 65.4 Å². The maximum Gasteiger partial charge on any atom is 0.472 e. The number of aliphatic hydroxyl groups excluding tert-OH is 1. The SMILES string of the molecule is CCCCCCCCCCCCCCCCCCCCCCC(=O)OC[C@H](COP(=O)(O)OC[C@@H](O)COP(=O)(O)OC[C@@H](COC(=O)CCCCCCCCCCC(C)C)OC(=O)CCCCCCCCCCCC(C)C)OC(=O)CCCCCCCCCCCCCCCCCCCCC(C)CC. The Morgan fingerprint density at radius 1 is 0.276 bits per heavy atom. The minimum atomic E-state index is -4.97. The van der Waals surface area contributed by atoms with E-state index >= 15 is 0 Å². The number of ether oxygens (including phenoxy) is 4. The first-order chi connectivity index (χ1) is 50.8. The molecule has 19 heteroatoms. The smallest absolute Gasteiger partial charge is 0.462 e. The number of phosphoric ester groups is 2. The molecule has 0 aromatic heterocycles. The van der Waals surface area contributed by atoms with E-state index in [1.54, 1.807) is 0 Å². The summed E-state index contributed by atoms with van der Waals surface area (Å²) >= 11 is 0. The third-order valence-electron chi connectivity index (χ3n) is 20.5. The third kappa shape index (κ3) is 78.5. The number of carbonyl (C=O) groups is 4. The van der Waals surface area contributed by atoms with Crippen molar-refractivity contribution in [1.82, 2.24) is 0 Å². The van der Waals surface area contributed by atoms with Crippen molar-refractivity contribution in [1.29, 1.82) is 0 Å². The molecular weight excluding hydrogens is 1370 g/mol. The van der Waals surface area contributed by atoms with Crippen LogP contribution in [0.5, 0.6) is 0 Å². The van der Waals surface area contributed by atoms with Crippen molar-refractivity contribution in [2.75, 3.05) is 39.6 Å². The Bertz CT molecular complexity index is 2030. The second-order valence-corrected chi connectivity index (χ2v) is 35.0.